The van der Waals surface area contributed by atoms with E-state index in [2.05, 4.69) is 19.1 Å². The maximum atomic E-state index is 12.6. The van der Waals surface area contributed by atoms with E-state index in [0.29, 0.717) is 17.5 Å². The topological polar surface area (TPSA) is 46.5 Å². The molecule has 0 fully saturated rings. The molecule has 0 rings (SSSR count). The molecule has 4 nitrogen and oxygen atoms in total. The van der Waals surface area contributed by atoms with E-state index in [1.807, 2.05) is 28.1 Å². The fourth-order valence-electron chi connectivity index (χ4n) is 3.53. The van der Waals surface area contributed by atoms with Gasteiger partial charge in [0.05, 0.1) is 27.7 Å². The van der Waals surface area contributed by atoms with Crippen molar-refractivity contribution in [2.75, 3.05) is 27.7 Å². The first-order valence-electron chi connectivity index (χ1n) is 11.7. The lowest BCUT2D eigenvalue weighted by atomic mass is 10.1. The average Bonchev–Trinajstić information content (AvgIpc) is 2.61. The molecular weight excluding hydrogens is 369 g/mol. The summed E-state index contributed by atoms with van der Waals surface area (Å²) in [5, 5.41) is 0. The van der Waals surface area contributed by atoms with Gasteiger partial charge in [-0.15, -0.1) is 0 Å². The van der Waals surface area contributed by atoms with Crippen molar-refractivity contribution in [3.63, 3.8) is 0 Å². The van der Waals surface area contributed by atoms with Gasteiger partial charge in [-0.1, -0.05) is 77.4 Å². The van der Waals surface area contributed by atoms with Gasteiger partial charge < -0.3 is 13.9 Å². The first-order valence-corrected chi connectivity index (χ1v) is 13.3. The van der Waals surface area contributed by atoms with Gasteiger partial charge in [0, 0.05) is 6.42 Å². The Morgan fingerprint density at radius 3 is 1.82 bits per heavy atom. The van der Waals surface area contributed by atoms with Gasteiger partial charge in [0.15, 0.2) is 5.78 Å². The molecular formula is C23H49NO3P+. The Morgan fingerprint density at radius 2 is 1.32 bits per heavy atom. The van der Waals surface area contributed by atoms with E-state index in [-0.39, 0.29) is 5.78 Å². The number of quaternary nitrogens is 1. The van der Waals surface area contributed by atoms with Crippen LogP contribution < -0.4 is 0 Å². The lowest BCUT2D eigenvalue weighted by molar-refractivity contribution is -0.883. The van der Waals surface area contributed by atoms with E-state index in [1.165, 1.54) is 64.2 Å². The average molecular weight is 419 g/mol. The first kappa shape index (κ1) is 27.8. The third kappa shape index (κ3) is 14.8. The molecule has 1 N–H and O–H groups in total. The Morgan fingerprint density at radius 1 is 0.821 bits per heavy atom. The van der Waals surface area contributed by atoms with Crippen molar-refractivity contribution in [1.82, 2.24) is 0 Å². The first-order chi connectivity index (χ1) is 13.3. The van der Waals surface area contributed by atoms with Crippen molar-refractivity contribution in [1.29, 1.82) is 0 Å². The SMILES string of the molecule is CCC/C=C\CCCCCCCCCCCOP(=O)(O)C(CCC)[N+](C)(C)C. The Labute approximate surface area is 175 Å². The summed E-state index contributed by atoms with van der Waals surface area (Å²) in [6.45, 7) is 4.67. The van der Waals surface area contributed by atoms with Crippen LogP contribution in [0.5, 0.6) is 0 Å². The highest BCUT2D eigenvalue weighted by Crippen LogP contribution is 2.51. The van der Waals surface area contributed by atoms with Crippen molar-refractivity contribution >= 4 is 7.60 Å². The van der Waals surface area contributed by atoms with Gasteiger partial charge in [-0.05, 0) is 32.1 Å². The molecule has 0 amide bonds. The molecule has 2 unspecified atom stereocenters. The zero-order valence-corrected chi connectivity index (χ0v) is 20.4. The van der Waals surface area contributed by atoms with Gasteiger partial charge in [-0.2, -0.15) is 0 Å². The van der Waals surface area contributed by atoms with Crippen LogP contribution in [0.4, 0.5) is 0 Å². The van der Waals surface area contributed by atoms with Gasteiger partial charge in [0.1, 0.15) is 0 Å². The predicted molar refractivity (Wildman–Crippen MR) is 123 cm³/mol. The molecule has 5 heteroatoms. The van der Waals surface area contributed by atoms with Crippen molar-refractivity contribution in [2.45, 2.75) is 110 Å². The van der Waals surface area contributed by atoms with Crippen LogP contribution in [0.1, 0.15) is 104 Å². The summed E-state index contributed by atoms with van der Waals surface area (Å²) in [6, 6.07) is 0. The van der Waals surface area contributed by atoms with E-state index >= 15 is 0 Å². The van der Waals surface area contributed by atoms with E-state index in [9.17, 15) is 9.46 Å². The number of unbranched alkanes of at least 4 members (excludes halogenated alkanes) is 10. The zero-order chi connectivity index (χ0) is 21.3. The molecule has 0 aromatic heterocycles. The van der Waals surface area contributed by atoms with Gasteiger partial charge in [0.2, 0.25) is 0 Å². The minimum absolute atomic E-state index is 0.334. The highest BCUT2D eigenvalue weighted by Gasteiger charge is 2.41. The number of allylic oxidation sites excluding steroid dienone is 2. The summed E-state index contributed by atoms with van der Waals surface area (Å²) < 4.78 is 18.5. The third-order valence-electron chi connectivity index (χ3n) is 5.23. The van der Waals surface area contributed by atoms with Gasteiger partial charge >= 0.3 is 7.60 Å². The molecule has 0 aliphatic heterocycles. The van der Waals surface area contributed by atoms with Crippen LogP contribution in [0.25, 0.3) is 0 Å². The summed E-state index contributed by atoms with van der Waals surface area (Å²) in [7, 11) is 2.34. The van der Waals surface area contributed by atoms with Crippen molar-refractivity contribution in [2.24, 2.45) is 0 Å². The number of hydrogen-bond acceptors (Lipinski definition) is 2. The minimum Gasteiger partial charge on any atom is -0.320 e. The molecule has 0 saturated heterocycles. The molecule has 0 aliphatic rings. The third-order valence-corrected chi connectivity index (χ3v) is 7.49. The standard InChI is InChI=1S/C23H48NO3P/c1-6-8-9-10-11-12-13-14-15-16-17-18-19-20-22-27-28(25,26)23(21-7-2)24(3,4)5/h9-10,23H,6-8,11-22H2,1-5H3/p+1/b10-9-. The summed E-state index contributed by atoms with van der Waals surface area (Å²) in [6.07, 6.45) is 21.1. The van der Waals surface area contributed by atoms with Crippen LogP contribution in [-0.2, 0) is 9.09 Å². The van der Waals surface area contributed by atoms with E-state index in [4.69, 9.17) is 4.52 Å². The van der Waals surface area contributed by atoms with E-state index in [0.717, 1.165) is 19.3 Å². The van der Waals surface area contributed by atoms with Crippen LogP contribution >= 0.6 is 7.60 Å². The minimum atomic E-state index is -3.56. The second-order valence-electron chi connectivity index (χ2n) is 9.01. The molecule has 0 aliphatic carbocycles. The molecule has 0 radical (unpaired) electrons. The van der Waals surface area contributed by atoms with Crippen LogP contribution in [0.3, 0.4) is 0 Å². The summed E-state index contributed by atoms with van der Waals surface area (Å²) >= 11 is 0. The lowest BCUT2D eigenvalue weighted by Crippen LogP contribution is -2.45. The normalized spacial score (nSPS) is 15.8. The Bertz CT molecular complexity index is 432. The molecule has 168 valence electrons. The van der Waals surface area contributed by atoms with Gasteiger partial charge in [-0.25, -0.2) is 0 Å². The van der Waals surface area contributed by atoms with Gasteiger partial charge in [-0.3, -0.25) is 4.57 Å². The molecule has 0 heterocycles. The second-order valence-corrected chi connectivity index (χ2v) is 11.0. The molecule has 28 heavy (non-hydrogen) atoms. The quantitative estimate of drug-likeness (QED) is 0.104. The Balaban J connectivity index is 3.64. The number of hydrogen-bond donors (Lipinski definition) is 1. The molecule has 0 aromatic carbocycles. The van der Waals surface area contributed by atoms with Crippen molar-refractivity contribution < 1.29 is 18.5 Å². The number of nitrogens with zero attached hydrogens (tertiary/aromatic N) is 1. The molecule has 0 saturated carbocycles. The smallest absolute Gasteiger partial charge is 0.320 e. The summed E-state index contributed by atoms with van der Waals surface area (Å²) in [4.78, 5) is 10.4. The lowest BCUT2D eigenvalue weighted by Gasteiger charge is -2.35. The van der Waals surface area contributed by atoms with Crippen LogP contribution in [0, 0.1) is 0 Å². The maximum absolute atomic E-state index is 12.6. The Hall–Kier alpha value is -0.150. The Kier molecular flexibility index (Phi) is 16.5. The largest absolute Gasteiger partial charge is 0.385 e. The highest BCUT2D eigenvalue weighted by molar-refractivity contribution is 7.53. The van der Waals surface area contributed by atoms with Gasteiger partial charge in [0.25, 0.3) is 0 Å². The summed E-state index contributed by atoms with van der Waals surface area (Å²) in [5.41, 5.74) is 0. The van der Waals surface area contributed by atoms with Crippen LogP contribution in [-0.4, -0.2) is 42.9 Å². The molecule has 0 spiro atoms. The summed E-state index contributed by atoms with van der Waals surface area (Å²) in [5.74, 6) is -0.334. The van der Waals surface area contributed by atoms with Crippen LogP contribution in [0.15, 0.2) is 12.2 Å². The van der Waals surface area contributed by atoms with E-state index in [1.54, 1.807) is 0 Å². The zero-order valence-electron chi connectivity index (χ0n) is 19.5. The number of rotatable bonds is 19. The highest BCUT2D eigenvalue weighted by atomic mass is 31.2. The maximum Gasteiger partial charge on any atom is 0.385 e. The van der Waals surface area contributed by atoms with Crippen molar-refractivity contribution in [3.8, 4) is 0 Å². The predicted octanol–water partition coefficient (Wildman–Crippen LogP) is 7.28. The second kappa shape index (κ2) is 16.6. The molecule has 0 aromatic rings. The molecule has 0 bridgehead atoms. The van der Waals surface area contributed by atoms with E-state index < -0.39 is 7.60 Å². The fourth-order valence-corrected chi connectivity index (χ4v) is 5.55. The monoisotopic (exact) mass is 418 g/mol. The van der Waals surface area contributed by atoms with Crippen LogP contribution in [0.2, 0.25) is 0 Å². The molecule has 2 atom stereocenters. The fraction of sp³-hybridized carbons (Fsp3) is 0.913. The van der Waals surface area contributed by atoms with Crippen molar-refractivity contribution in [3.05, 3.63) is 12.2 Å².